The van der Waals surface area contributed by atoms with Crippen LogP contribution in [0.1, 0.15) is 22.8 Å². The van der Waals surface area contributed by atoms with Crippen molar-refractivity contribution in [1.29, 1.82) is 0 Å². The van der Waals surface area contributed by atoms with Gasteiger partial charge < -0.3 is 25.4 Å². The van der Waals surface area contributed by atoms with E-state index in [4.69, 9.17) is 9.84 Å². The maximum atomic E-state index is 11.7. The van der Waals surface area contributed by atoms with Gasteiger partial charge in [0.25, 0.3) is 0 Å². The summed E-state index contributed by atoms with van der Waals surface area (Å²) < 4.78 is 5.05. The van der Waals surface area contributed by atoms with Crippen molar-refractivity contribution in [3.63, 3.8) is 0 Å². The van der Waals surface area contributed by atoms with Gasteiger partial charge in [-0.05, 0) is 23.1 Å². The number of benzene rings is 2. The zero-order valence-electron chi connectivity index (χ0n) is 13.8. The van der Waals surface area contributed by atoms with E-state index in [1.807, 2.05) is 30.3 Å². The van der Waals surface area contributed by atoms with Crippen molar-refractivity contribution in [3.05, 3.63) is 71.3 Å². The standard InChI is InChI=1S/C19H23NO5/c21-11-10-15-8-4-5-9-16(15)18(23)17(22)12-20-19(24)25-13-14-6-2-1-3-7-14/h1-9,17-18,21-23H,10-13H2,(H,20,24). The number of ether oxygens (including phenoxy) is 1. The van der Waals surface area contributed by atoms with E-state index >= 15 is 0 Å². The minimum atomic E-state index is -1.19. The van der Waals surface area contributed by atoms with Gasteiger partial charge in [0, 0.05) is 13.2 Å². The van der Waals surface area contributed by atoms with Gasteiger partial charge in [-0.1, -0.05) is 54.6 Å². The molecule has 0 spiro atoms. The van der Waals surface area contributed by atoms with Gasteiger partial charge in [-0.25, -0.2) is 4.79 Å². The molecule has 0 aromatic heterocycles. The summed E-state index contributed by atoms with van der Waals surface area (Å²) in [4.78, 5) is 11.7. The van der Waals surface area contributed by atoms with Crippen LogP contribution in [0.2, 0.25) is 0 Å². The second-order valence-corrected chi connectivity index (χ2v) is 5.63. The average molecular weight is 345 g/mol. The van der Waals surface area contributed by atoms with Crippen molar-refractivity contribution in [2.75, 3.05) is 13.2 Å². The third kappa shape index (κ3) is 5.86. The molecule has 4 N–H and O–H groups in total. The van der Waals surface area contributed by atoms with E-state index in [0.29, 0.717) is 12.0 Å². The number of amides is 1. The Hall–Kier alpha value is -2.41. The topological polar surface area (TPSA) is 99.0 Å². The number of carbonyl (C=O) groups excluding carboxylic acids is 1. The predicted molar refractivity (Wildman–Crippen MR) is 92.8 cm³/mol. The van der Waals surface area contributed by atoms with Crippen LogP contribution in [0.4, 0.5) is 4.79 Å². The largest absolute Gasteiger partial charge is 0.445 e. The van der Waals surface area contributed by atoms with Gasteiger partial charge in [-0.2, -0.15) is 0 Å². The molecule has 0 saturated carbocycles. The van der Waals surface area contributed by atoms with E-state index in [2.05, 4.69) is 5.32 Å². The third-order valence-corrected chi connectivity index (χ3v) is 3.79. The van der Waals surface area contributed by atoms with E-state index < -0.39 is 18.3 Å². The first kappa shape index (κ1) is 18.9. The summed E-state index contributed by atoms with van der Waals surface area (Å²) in [5.74, 6) is 0. The van der Waals surface area contributed by atoms with Gasteiger partial charge in [0.2, 0.25) is 0 Å². The lowest BCUT2D eigenvalue weighted by Gasteiger charge is -2.21. The Morgan fingerprint density at radius 1 is 1.04 bits per heavy atom. The van der Waals surface area contributed by atoms with Gasteiger partial charge in [0.05, 0.1) is 0 Å². The first-order valence-electron chi connectivity index (χ1n) is 8.11. The van der Waals surface area contributed by atoms with Crippen molar-refractivity contribution in [1.82, 2.24) is 5.32 Å². The molecule has 0 heterocycles. The normalized spacial score (nSPS) is 13.1. The maximum Gasteiger partial charge on any atom is 0.407 e. The van der Waals surface area contributed by atoms with Crippen molar-refractivity contribution < 1.29 is 24.9 Å². The van der Waals surface area contributed by atoms with E-state index in [9.17, 15) is 15.0 Å². The molecule has 0 bridgehead atoms. The molecule has 6 heteroatoms. The lowest BCUT2D eigenvalue weighted by Crippen LogP contribution is -2.36. The van der Waals surface area contributed by atoms with E-state index in [0.717, 1.165) is 11.1 Å². The van der Waals surface area contributed by atoms with Crippen LogP contribution in [-0.4, -0.2) is 40.7 Å². The van der Waals surface area contributed by atoms with Crippen molar-refractivity contribution >= 4 is 6.09 Å². The van der Waals surface area contributed by atoms with Crippen LogP contribution in [0.5, 0.6) is 0 Å². The van der Waals surface area contributed by atoms with Crippen LogP contribution in [0.25, 0.3) is 0 Å². The van der Waals surface area contributed by atoms with Gasteiger partial charge in [-0.15, -0.1) is 0 Å². The maximum absolute atomic E-state index is 11.7. The summed E-state index contributed by atoms with van der Waals surface area (Å²) in [7, 11) is 0. The molecule has 0 aliphatic heterocycles. The lowest BCUT2D eigenvalue weighted by atomic mass is 9.97. The van der Waals surface area contributed by atoms with Crippen LogP contribution in [0, 0.1) is 0 Å². The number of hydrogen-bond donors (Lipinski definition) is 4. The first-order chi connectivity index (χ1) is 12.1. The fraction of sp³-hybridized carbons (Fsp3) is 0.316. The summed E-state index contributed by atoms with van der Waals surface area (Å²) in [5.41, 5.74) is 2.14. The second-order valence-electron chi connectivity index (χ2n) is 5.63. The van der Waals surface area contributed by atoms with Gasteiger partial charge >= 0.3 is 6.09 Å². The van der Waals surface area contributed by atoms with Crippen LogP contribution in [0.15, 0.2) is 54.6 Å². The SMILES string of the molecule is O=C(NCC(O)C(O)c1ccccc1CCO)OCc1ccccc1. The number of aliphatic hydroxyl groups is 3. The van der Waals surface area contributed by atoms with E-state index in [1.165, 1.54) is 0 Å². The quantitative estimate of drug-likeness (QED) is 0.582. The van der Waals surface area contributed by atoms with Crippen LogP contribution in [0.3, 0.4) is 0 Å². The Kier molecular flexibility index (Phi) is 7.40. The number of aliphatic hydroxyl groups excluding tert-OH is 3. The predicted octanol–water partition coefficient (Wildman–Crippen LogP) is 1.54. The number of carbonyl (C=O) groups is 1. The number of rotatable bonds is 8. The Morgan fingerprint density at radius 3 is 2.44 bits per heavy atom. The minimum Gasteiger partial charge on any atom is -0.445 e. The molecule has 0 fully saturated rings. The fourth-order valence-corrected chi connectivity index (χ4v) is 2.45. The summed E-state index contributed by atoms with van der Waals surface area (Å²) >= 11 is 0. The summed E-state index contributed by atoms with van der Waals surface area (Å²) in [6, 6.07) is 16.3. The van der Waals surface area contributed by atoms with Crippen molar-refractivity contribution in [3.8, 4) is 0 Å². The van der Waals surface area contributed by atoms with Crippen molar-refractivity contribution in [2.45, 2.75) is 25.2 Å². The van der Waals surface area contributed by atoms with Crippen LogP contribution < -0.4 is 5.32 Å². The summed E-state index contributed by atoms with van der Waals surface area (Å²) in [6.07, 6.45) is -2.65. The van der Waals surface area contributed by atoms with E-state index in [-0.39, 0.29) is 19.8 Å². The third-order valence-electron chi connectivity index (χ3n) is 3.79. The Balaban J connectivity index is 1.83. The molecule has 0 aliphatic carbocycles. The fourth-order valence-electron chi connectivity index (χ4n) is 2.45. The second kappa shape index (κ2) is 9.78. The molecule has 6 nitrogen and oxygen atoms in total. The molecule has 1 amide bonds. The highest BCUT2D eigenvalue weighted by atomic mass is 16.5. The molecular formula is C19H23NO5. The Morgan fingerprint density at radius 2 is 1.72 bits per heavy atom. The van der Waals surface area contributed by atoms with Gasteiger partial charge in [-0.3, -0.25) is 0 Å². The first-order valence-corrected chi connectivity index (χ1v) is 8.11. The monoisotopic (exact) mass is 345 g/mol. The Bertz CT molecular complexity index is 662. The molecule has 2 aromatic rings. The molecule has 134 valence electrons. The summed E-state index contributed by atoms with van der Waals surface area (Å²) in [6.45, 7) is -0.0726. The Labute approximate surface area is 146 Å². The minimum absolute atomic E-state index is 0.0517. The smallest absolute Gasteiger partial charge is 0.407 e. The zero-order valence-corrected chi connectivity index (χ0v) is 13.8. The highest BCUT2D eigenvalue weighted by molar-refractivity contribution is 5.67. The van der Waals surface area contributed by atoms with E-state index in [1.54, 1.807) is 24.3 Å². The molecule has 2 atom stereocenters. The highest BCUT2D eigenvalue weighted by Crippen LogP contribution is 2.21. The molecule has 0 saturated heterocycles. The van der Waals surface area contributed by atoms with Gasteiger partial charge in [0.15, 0.2) is 0 Å². The molecular weight excluding hydrogens is 322 g/mol. The number of hydrogen-bond acceptors (Lipinski definition) is 5. The molecule has 25 heavy (non-hydrogen) atoms. The highest BCUT2D eigenvalue weighted by Gasteiger charge is 2.21. The zero-order chi connectivity index (χ0) is 18.1. The van der Waals surface area contributed by atoms with Gasteiger partial charge in [0.1, 0.15) is 18.8 Å². The molecule has 0 aliphatic rings. The van der Waals surface area contributed by atoms with Crippen LogP contribution >= 0.6 is 0 Å². The van der Waals surface area contributed by atoms with Crippen molar-refractivity contribution in [2.24, 2.45) is 0 Å². The number of nitrogens with one attached hydrogen (secondary N) is 1. The molecule has 2 rings (SSSR count). The summed E-state index contributed by atoms with van der Waals surface area (Å²) in [5, 5.41) is 31.9. The average Bonchev–Trinajstić information content (AvgIpc) is 2.65. The number of alkyl carbamates (subject to hydrolysis) is 1. The lowest BCUT2D eigenvalue weighted by molar-refractivity contribution is 0.0178. The molecule has 0 radical (unpaired) electrons. The molecule has 2 unspecified atom stereocenters. The van der Waals surface area contributed by atoms with Crippen LogP contribution in [-0.2, 0) is 17.8 Å². The molecule has 2 aromatic carbocycles.